The van der Waals surface area contributed by atoms with Crippen LogP contribution in [0.15, 0.2) is 18.5 Å². The third-order valence-electron chi connectivity index (χ3n) is 2.63. The van der Waals surface area contributed by atoms with Gasteiger partial charge in [0, 0.05) is 25.2 Å². The molecule has 0 saturated heterocycles. The molecule has 0 bridgehead atoms. The molecule has 3 nitrogen and oxygen atoms in total. The molecule has 5 heteroatoms. The maximum atomic E-state index is 13.0. The van der Waals surface area contributed by atoms with E-state index < -0.39 is 0 Å². The van der Waals surface area contributed by atoms with E-state index >= 15 is 0 Å². The average Bonchev–Trinajstić information content (AvgIpc) is 2.27. The van der Waals surface area contributed by atoms with Crippen LogP contribution in [-0.4, -0.2) is 28.0 Å². The first-order valence-electron chi connectivity index (χ1n) is 5.64. The van der Waals surface area contributed by atoms with Gasteiger partial charge in [-0.3, -0.25) is 9.88 Å². The molecule has 17 heavy (non-hydrogen) atoms. The number of aromatic nitrogens is 1. The highest BCUT2D eigenvalue weighted by Gasteiger charge is 2.11. The van der Waals surface area contributed by atoms with Crippen LogP contribution in [-0.2, 0) is 6.54 Å². The Morgan fingerprint density at radius 1 is 1.59 bits per heavy atom. The van der Waals surface area contributed by atoms with Gasteiger partial charge in [-0.25, -0.2) is 4.39 Å². The third-order valence-corrected chi connectivity index (χ3v) is 3.04. The van der Waals surface area contributed by atoms with E-state index in [1.165, 1.54) is 12.3 Å². The van der Waals surface area contributed by atoms with E-state index in [2.05, 4.69) is 16.8 Å². The number of hydrogen-bond acceptors (Lipinski definition) is 3. The lowest BCUT2D eigenvalue weighted by Gasteiger charge is -2.23. The van der Waals surface area contributed by atoms with E-state index in [1.807, 2.05) is 6.92 Å². The molecule has 2 N–H and O–H groups in total. The van der Waals surface area contributed by atoms with Gasteiger partial charge in [0.1, 0.15) is 5.82 Å². The molecule has 0 aliphatic heterocycles. The second kappa shape index (κ2) is 6.61. The zero-order valence-corrected chi connectivity index (χ0v) is 11.0. The first kappa shape index (κ1) is 14.0. The van der Waals surface area contributed by atoms with Crippen molar-refractivity contribution >= 4 is 17.2 Å². The summed E-state index contributed by atoms with van der Waals surface area (Å²) in [5.74, 6) is -0.146. The topological polar surface area (TPSA) is 42.2 Å². The van der Waals surface area contributed by atoms with Crippen LogP contribution in [0.3, 0.4) is 0 Å². The Morgan fingerprint density at radius 3 is 2.82 bits per heavy atom. The fourth-order valence-corrected chi connectivity index (χ4v) is 1.66. The summed E-state index contributed by atoms with van der Waals surface area (Å²) < 4.78 is 13.0. The number of hydrogen-bond donors (Lipinski definition) is 1. The predicted octanol–water partition coefficient (Wildman–Crippen LogP) is 1.96. The van der Waals surface area contributed by atoms with Crippen LogP contribution < -0.4 is 5.73 Å². The van der Waals surface area contributed by atoms with E-state index in [4.69, 9.17) is 18.0 Å². The zero-order chi connectivity index (χ0) is 12.8. The number of nitrogens with two attached hydrogens (primary N) is 1. The Kier molecular flexibility index (Phi) is 5.44. The van der Waals surface area contributed by atoms with Crippen molar-refractivity contribution in [2.45, 2.75) is 20.4 Å². The highest BCUT2D eigenvalue weighted by atomic mass is 32.1. The van der Waals surface area contributed by atoms with Gasteiger partial charge in [-0.15, -0.1) is 0 Å². The van der Waals surface area contributed by atoms with Crippen molar-refractivity contribution < 1.29 is 4.39 Å². The third kappa shape index (κ3) is 4.75. The molecular weight excluding hydrogens is 237 g/mol. The molecule has 94 valence electrons. The van der Waals surface area contributed by atoms with Gasteiger partial charge in [0.05, 0.1) is 11.2 Å². The molecule has 1 unspecified atom stereocenters. The largest absolute Gasteiger partial charge is 0.393 e. The number of halogens is 1. The number of nitrogens with zero attached hydrogens (tertiary/aromatic N) is 2. The fourth-order valence-electron chi connectivity index (χ4n) is 1.58. The van der Waals surface area contributed by atoms with Gasteiger partial charge in [-0.1, -0.05) is 26.1 Å². The SMILES string of the molecule is CCN(Cc1cncc(F)c1)CC(C)C(N)=S. The first-order chi connectivity index (χ1) is 8.02. The summed E-state index contributed by atoms with van der Waals surface area (Å²) in [6, 6.07) is 1.50. The molecule has 1 aromatic rings. The number of rotatable bonds is 6. The van der Waals surface area contributed by atoms with E-state index in [-0.39, 0.29) is 11.7 Å². The fraction of sp³-hybridized carbons (Fsp3) is 0.500. The van der Waals surface area contributed by atoms with Crippen LogP contribution in [0.25, 0.3) is 0 Å². The molecule has 0 aromatic carbocycles. The molecular formula is C12H18FN3S. The summed E-state index contributed by atoms with van der Waals surface area (Å²) in [5, 5.41) is 0. The van der Waals surface area contributed by atoms with Crippen LogP contribution >= 0.6 is 12.2 Å². The van der Waals surface area contributed by atoms with Gasteiger partial charge < -0.3 is 5.73 Å². The lowest BCUT2D eigenvalue weighted by atomic mass is 10.1. The summed E-state index contributed by atoms with van der Waals surface area (Å²) in [4.78, 5) is 6.52. The Labute approximate surface area is 107 Å². The quantitative estimate of drug-likeness (QED) is 0.789. The standard InChI is InChI=1S/C12H18FN3S/c1-3-16(7-9(2)12(14)17)8-10-4-11(13)6-15-5-10/h4-6,9H,3,7-8H2,1-2H3,(H2,14,17). The second-order valence-electron chi connectivity index (χ2n) is 4.14. The summed E-state index contributed by atoms with van der Waals surface area (Å²) in [6.45, 7) is 6.36. The molecule has 0 aliphatic rings. The molecule has 0 spiro atoms. The van der Waals surface area contributed by atoms with E-state index in [1.54, 1.807) is 6.20 Å². The van der Waals surface area contributed by atoms with Crippen LogP contribution in [0.1, 0.15) is 19.4 Å². The van der Waals surface area contributed by atoms with E-state index in [0.717, 1.165) is 18.7 Å². The maximum Gasteiger partial charge on any atom is 0.141 e. The predicted molar refractivity (Wildman–Crippen MR) is 71.1 cm³/mol. The monoisotopic (exact) mass is 255 g/mol. The van der Waals surface area contributed by atoms with Crippen LogP contribution in [0, 0.1) is 11.7 Å². The maximum absolute atomic E-state index is 13.0. The van der Waals surface area contributed by atoms with Crippen LogP contribution in [0.5, 0.6) is 0 Å². The molecule has 1 heterocycles. The van der Waals surface area contributed by atoms with Gasteiger partial charge in [-0.2, -0.15) is 0 Å². The Balaban J connectivity index is 2.61. The summed E-state index contributed by atoms with van der Waals surface area (Å²) in [6.07, 6.45) is 2.88. The van der Waals surface area contributed by atoms with Gasteiger partial charge >= 0.3 is 0 Å². The minimum absolute atomic E-state index is 0.159. The van der Waals surface area contributed by atoms with Crippen molar-refractivity contribution in [3.05, 3.63) is 29.8 Å². The summed E-state index contributed by atoms with van der Waals surface area (Å²) >= 11 is 4.95. The Bertz CT molecular complexity index is 384. The normalized spacial score (nSPS) is 12.7. The molecule has 1 atom stereocenters. The van der Waals surface area contributed by atoms with Gasteiger partial charge in [0.15, 0.2) is 0 Å². The lowest BCUT2D eigenvalue weighted by molar-refractivity contribution is 0.263. The Morgan fingerprint density at radius 2 is 2.29 bits per heavy atom. The smallest absolute Gasteiger partial charge is 0.141 e. The van der Waals surface area contributed by atoms with Gasteiger partial charge in [0.25, 0.3) is 0 Å². The minimum Gasteiger partial charge on any atom is -0.393 e. The summed E-state index contributed by atoms with van der Waals surface area (Å²) in [5.41, 5.74) is 6.45. The highest BCUT2D eigenvalue weighted by Crippen LogP contribution is 2.08. The van der Waals surface area contributed by atoms with E-state index in [9.17, 15) is 4.39 Å². The zero-order valence-electron chi connectivity index (χ0n) is 10.2. The van der Waals surface area contributed by atoms with Crippen molar-refractivity contribution in [1.82, 2.24) is 9.88 Å². The van der Waals surface area contributed by atoms with Crippen LogP contribution in [0.4, 0.5) is 4.39 Å². The number of thiocarbonyl (C=S) groups is 1. The average molecular weight is 255 g/mol. The number of pyridine rings is 1. The summed E-state index contributed by atoms with van der Waals surface area (Å²) in [7, 11) is 0. The molecule has 1 aromatic heterocycles. The van der Waals surface area contributed by atoms with Crippen molar-refractivity contribution in [2.75, 3.05) is 13.1 Å². The molecule has 0 radical (unpaired) electrons. The molecule has 0 saturated carbocycles. The van der Waals surface area contributed by atoms with Crippen molar-refractivity contribution in [3.63, 3.8) is 0 Å². The Hall–Kier alpha value is -1.07. The van der Waals surface area contributed by atoms with Crippen molar-refractivity contribution in [1.29, 1.82) is 0 Å². The lowest BCUT2D eigenvalue weighted by Crippen LogP contribution is -2.33. The minimum atomic E-state index is -0.305. The second-order valence-corrected chi connectivity index (χ2v) is 4.61. The molecule has 0 aliphatic carbocycles. The molecule has 1 rings (SSSR count). The van der Waals surface area contributed by atoms with Crippen molar-refractivity contribution in [2.24, 2.45) is 11.7 Å². The molecule has 0 fully saturated rings. The molecule has 0 amide bonds. The van der Waals surface area contributed by atoms with Gasteiger partial charge in [-0.05, 0) is 18.2 Å². The van der Waals surface area contributed by atoms with E-state index in [0.29, 0.717) is 11.5 Å². The highest BCUT2D eigenvalue weighted by molar-refractivity contribution is 7.80. The van der Waals surface area contributed by atoms with Crippen LogP contribution in [0.2, 0.25) is 0 Å². The van der Waals surface area contributed by atoms with Crippen molar-refractivity contribution in [3.8, 4) is 0 Å². The van der Waals surface area contributed by atoms with Gasteiger partial charge in [0.2, 0.25) is 0 Å². The first-order valence-corrected chi connectivity index (χ1v) is 6.04.